The van der Waals surface area contributed by atoms with E-state index in [0.29, 0.717) is 6.61 Å². The van der Waals surface area contributed by atoms with Crippen molar-refractivity contribution in [3.8, 4) is 5.75 Å². The number of anilines is 1. The van der Waals surface area contributed by atoms with E-state index >= 15 is 0 Å². The van der Waals surface area contributed by atoms with Gasteiger partial charge in [-0.1, -0.05) is 0 Å². The van der Waals surface area contributed by atoms with E-state index < -0.39 is 0 Å². The van der Waals surface area contributed by atoms with Crippen LogP contribution < -0.4 is 9.64 Å². The second-order valence-electron chi connectivity index (χ2n) is 5.35. The third kappa shape index (κ3) is 3.10. The predicted octanol–water partition coefficient (Wildman–Crippen LogP) is 3.17. The van der Waals surface area contributed by atoms with E-state index in [0.717, 1.165) is 55.1 Å². The van der Waals surface area contributed by atoms with Crippen LogP contribution >= 0.6 is 0 Å². The van der Waals surface area contributed by atoms with E-state index in [9.17, 15) is 0 Å². The number of nitrogens with zero attached hydrogens (tertiary/aromatic N) is 2. The molecule has 0 spiro atoms. The number of ether oxygens (including phenoxy) is 2. The summed E-state index contributed by atoms with van der Waals surface area (Å²) in [7, 11) is 0. The summed E-state index contributed by atoms with van der Waals surface area (Å²) < 4.78 is 11.3. The first-order valence-electron chi connectivity index (χ1n) is 7.65. The van der Waals surface area contributed by atoms with E-state index in [1.54, 1.807) is 0 Å². The number of benzene rings is 1. The van der Waals surface area contributed by atoms with Crippen molar-refractivity contribution in [3.05, 3.63) is 30.0 Å². The Morgan fingerprint density at radius 2 is 2.14 bits per heavy atom. The highest BCUT2D eigenvalue weighted by Crippen LogP contribution is 2.30. The molecular weight excluding hydrogens is 264 g/mol. The highest BCUT2D eigenvalue weighted by atomic mass is 16.5. The lowest BCUT2D eigenvalue weighted by molar-refractivity contribution is 0.152. The maximum atomic E-state index is 5.78. The molecule has 1 aliphatic heterocycles. The van der Waals surface area contributed by atoms with Crippen LogP contribution in [0.15, 0.2) is 24.3 Å². The van der Waals surface area contributed by atoms with E-state index in [-0.39, 0.29) is 0 Å². The normalized spacial score (nSPS) is 16.0. The third-order valence-corrected chi connectivity index (χ3v) is 3.77. The molecule has 0 atom stereocenters. The van der Waals surface area contributed by atoms with Gasteiger partial charge < -0.3 is 14.4 Å². The number of pyridine rings is 1. The Hall–Kier alpha value is -1.81. The Balaban J connectivity index is 2.01. The molecular formula is C17H22N2O2. The molecule has 1 saturated heterocycles. The molecule has 1 fully saturated rings. The van der Waals surface area contributed by atoms with Gasteiger partial charge in [0.05, 0.1) is 18.7 Å². The van der Waals surface area contributed by atoms with Crippen molar-refractivity contribution in [1.29, 1.82) is 0 Å². The molecule has 0 N–H and O–H groups in total. The largest absolute Gasteiger partial charge is 0.493 e. The van der Waals surface area contributed by atoms with Crippen LogP contribution in [0.2, 0.25) is 0 Å². The molecule has 0 unspecified atom stereocenters. The molecule has 0 amide bonds. The lowest BCUT2D eigenvalue weighted by atomic mass is 10.1. The zero-order valence-electron chi connectivity index (χ0n) is 12.8. The second kappa shape index (κ2) is 6.31. The SMILES string of the molecule is CCOc1cc(C)nc2ccc(N3CCCOCC3)cc12. The molecule has 2 aromatic rings. The quantitative estimate of drug-likeness (QED) is 0.868. The third-order valence-electron chi connectivity index (χ3n) is 3.77. The van der Waals surface area contributed by atoms with E-state index in [2.05, 4.69) is 28.1 Å². The van der Waals surface area contributed by atoms with Crippen molar-refractivity contribution in [2.75, 3.05) is 37.8 Å². The van der Waals surface area contributed by atoms with E-state index in [4.69, 9.17) is 9.47 Å². The Morgan fingerprint density at radius 3 is 3.00 bits per heavy atom. The van der Waals surface area contributed by atoms with Crippen molar-refractivity contribution in [2.45, 2.75) is 20.3 Å². The number of hydrogen-bond acceptors (Lipinski definition) is 4. The van der Waals surface area contributed by atoms with Gasteiger partial charge in [-0.25, -0.2) is 0 Å². The van der Waals surface area contributed by atoms with Gasteiger partial charge in [0.25, 0.3) is 0 Å². The second-order valence-corrected chi connectivity index (χ2v) is 5.35. The fourth-order valence-corrected chi connectivity index (χ4v) is 2.78. The average molecular weight is 286 g/mol. The number of fused-ring (bicyclic) bond motifs is 1. The van der Waals surface area contributed by atoms with Crippen LogP contribution in [0.4, 0.5) is 5.69 Å². The smallest absolute Gasteiger partial charge is 0.130 e. The first-order chi connectivity index (χ1) is 10.3. The van der Waals surface area contributed by atoms with Crippen LogP contribution in [-0.4, -0.2) is 37.9 Å². The van der Waals surface area contributed by atoms with Gasteiger partial charge in [0.15, 0.2) is 0 Å². The van der Waals surface area contributed by atoms with Gasteiger partial charge >= 0.3 is 0 Å². The molecule has 1 aliphatic rings. The average Bonchev–Trinajstić information content (AvgIpc) is 2.76. The van der Waals surface area contributed by atoms with E-state index in [1.807, 2.05) is 19.9 Å². The van der Waals surface area contributed by atoms with Crippen LogP contribution in [0.3, 0.4) is 0 Å². The zero-order chi connectivity index (χ0) is 14.7. The number of aryl methyl sites for hydroxylation is 1. The number of rotatable bonds is 3. The number of hydrogen-bond donors (Lipinski definition) is 0. The maximum Gasteiger partial charge on any atom is 0.130 e. The first-order valence-corrected chi connectivity index (χ1v) is 7.65. The van der Waals surface area contributed by atoms with Crippen LogP contribution in [-0.2, 0) is 4.74 Å². The molecule has 112 valence electrons. The lowest BCUT2D eigenvalue weighted by Gasteiger charge is -2.22. The lowest BCUT2D eigenvalue weighted by Crippen LogP contribution is -2.25. The molecule has 4 nitrogen and oxygen atoms in total. The van der Waals surface area contributed by atoms with Gasteiger partial charge in [0.2, 0.25) is 0 Å². The molecule has 0 aliphatic carbocycles. The summed E-state index contributed by atoms with van der Waals surface area (Å²) in [5, 5.41) is 1.09. The van der Waals surface area contributed by atoms with Gasteiger partial charge in [0.1, 0.15) is 5.75 Å². The molecule has 21 heavy (non-hydrogen) atoms. The molecule has 0 radical (unpaired) electrons. The standard InChI is InChI=1S/C17H22N2O2/c1-3-21-17-11-13(2)18-16-6-5-14(12-15(16)17)19-7-4-9-20-10-8-19/h5-6,11-12H,3-4,7-10H2,1-2H3. The zero-order valence-corrected chi connectivity index (χ0v) is 12.8. The van der Waals surface area contributed by atoms with Crippen LogP contribution in [0.1, 0.15) is 19.0 Å². The summed E-state index contributed by atoms with van der Waals surface area (Å²) in [6, 6.07) is 8.45. The van der Waals surface area contributed by atoms with Crippen molar-refractivity contribution >= 4 is 16.6 Å². The molecule has 0 bridgehead atoms. The number of aromatic nitrogens is 1. The van der Waals surface area contributed by atoms with Crippen molar-refractivity contribution in [3.63, 3.8) is 0 Å². The van der Waals surface area contributed by atoms with Gasteiger partial charge in [0, 0.05) is 42.5 Å². The van der Waals surface area contributed by atoms with E-state index in [1.165, 1.54) is 5.69 Å². The Morgan fingerprint density at radius 1 is 1.24 bits per heavy atom. The minimum Gasteiger partial charge on any atom is -0.493 e. The summed E-state index contributed by atoms with van der Waals surface area (Å²) in [6.45, 7) is 8.31. The highest BCUT2D eigenvalue weighted by molar-refractivity contribution is 5.88. The Bertz CT molecular complexity index is 619. The fourth-order valence-electron chi connectivity index (χ4n) is 2.78. The molecule has 2 heterocycles. The summed E-state index contributed by atoms with van der Waals surface area (Å²) >= 11 is 0. The highest BCUT2D eigenvalue weighted by Gasteiger charge is 2.12. The molecule has 4 heteroatoms. The summed E-state index contributed by atoms with van der Waals surface area (Å²) in [5.41, 5.74) is 3.20. The minimum absolute atomic E-state index is 0.667. The summed E-state index contributed by atoms with van der Waals surface area (Å²) in [4.78, 5) is 6.98. The summed E-state index contributed by atoms with van der Waals surface area (Å²) in [5.74, 6) is 0.924. The van der Waals surface area contributed by atoms with Crippen LogP contribution in [0.25, 0.3) is 10.9 Å². The fraction of sp³-hybridized carbons (Fsp3) is 0.471. The Kier molecular flexibility index (Phi) is 4.25. The minimum atomic E-state index is 0.667. The van der Waals surface area contributed by atoms with Gasteiger partial charge in [-0.15, -0.1) is 0 Å². The van der Waals surface area contributed by atoms with Crippen molar-refractivity contribution in [2.24, 2.45) is 0 Å². The van der Waals surface area contributed by atoms with Gasteiger partial charge in [-0.05, 0) is 38.5 Å². The molecule has 1 aromatic carbocycles. The topological polar surface area (TPSA) is 34.6 Å². The van der Waals surface area contributed by atoms with Crippen LogP contribution in [0.5, 0.6) is 5.75 Å². The predicted molar refractivity (Wildman–Crippen MR) is 85.3 cm³/mol. The molecule has 1 aromatic heterocycles. The monoisotopic (exact) mass is 286 g/mol. The summed E-state index contributed by atoms with van der Waals surface area (Å²) in [6.07, 6.45) is 1.07. The molecule has 0 saturated carbocycles. The van der Waals surface area contributed by atoms with Crippen molar-refractivity contribution in [1.82, 2.24) is 4.98 Å². The first kappa shape index (κ1) is 14.1. The maximum absolute atomic E-state index is 5.78. The van der Waals surface area contributed by atoms with Crippen LogP contribution in [0, 0.1) is 6.92 Å². The Labute approximate surface area is 125 Å². The van der Waals surface area contributed by atoms with Gasteiger partial charge in [-0.2, -0.15) is 0 Å². The van der Waals surface area contributed by atoms with Crippen molar-refractivity contribution < 1.29 is 9.47 Å². The molecule has 3 rings (SSSR count). The van der Waals surface area contributed by atoms with Gasteiger partial charge in [-0.3, -0.25) is 4.98 Å².